The van der Waals surface area contributed by atoms with E-state index in [1.807, 2.05) is 4.90 Å². The standard InChI is InChI=1S/C15H18Cl2N2O2/c1-21-14-12(16)8-10(9-13(14)17)15(20)19-6-4-18(5-7-19)11-2-3-11/h8-9,11H,2-7H2,1H3. The summed E-state index contributed by atoms with van der Waals surface area (Å²) in [5.74, 6) is 0.394. The van der Waals surface area contributed by atoms with Crippen molar-refractivity contribution in [1.82, 2.24) is 9.80 Å². The van der Waals surface area contributed by atoms with Crippen molar-refractivity contribution in [1.29, 1.82) is 0 Å². The van der Waals surface area contributed by atoms with Crippen LogP contribution in [0.3, 0.4) is 0 Å². The smallest absolute Gasteiger partial charge is 0.254 e. The number of carbonyl (C=O) groups is 1. The third-order valence-electron chi connectivity index (χ3n) is 4.11. The SMILES string of the molecule is COc1c(Cl)cc(C(=O)N2CCN(C3CC3)CC2)cc1Cl. The van der Waals surface area contributed by atoms with Gasteiger partial charge in [-0.05, 0) is 25.0 Å². The molecule has 21 heavy (non-hydrogen) atoms. The zero-order valence-electron chi connectivity index (χ0n) is 11.9. The first kappa shape index (κ1) is 14.9. The Labute approximate surface area is 134 Å². The molecule has 0 atom stereocenters. The second kappa shape index (κ2) is 6.03. The highest BCUT2D eigenvalue weighted by Crippen LogP contribution is 2.34. The van der Waals surface area contributed by atoms with Crippen molar-refractivity contribution in [2.24, 2.45) is 0 Å². The molecule has 1 aromatic rings. The summed E-state index contributed by atoms with van der Waals surface area (Å²) in [5.41, 5.74) is 0.519. The topological polar surface area (TPSA) is 32.8 Å². The Bertz CT molecular complexity index is 530. The monoisotopic (exact) mass is 328 g/mol. The second-order valence-electron chi connectivity index (χ2n) is 5.53. The summed E-state index contributed by atoms with van der Waals surface area (Å²) in [7, 11) is 1.51. The molecule has 0 N–H and O–H groups in total. The molecule has 0 radical (unpaired) electrons. The lowest BCUT2D eigenvalue weighted by Gasteiger charge is -2.35. The molecule has 2 aliphatic rings. The molecular formula is C15H18Cl2N2O2. The molecule has 0 spiro atoms. The van der Waals surface area contributed by atoms with Crippen LogP contribution in [0.4, 0.5) is 0 Å². The van der Waals surface area contributed by atoms with Gasteiger partial charge in [0.05, 0.1) is 17.2 Å². The number of halogens is 2. The average Bonchev–Trinajstić information content (AvgIpc) is 3.31. The molecule has 4 nitrogen and oxygen atoms in total. The predicted octanol–water partition coefficient (Wildman–Crippen LogP) is 2.92. The number of hydrogen-bond donors (Lipinski definition) is 0. The number of rotatable bonds is 3. The Morgan fingerprint density at radius 2 is 1.71 bits per heavy atom. The number of piperazine rings is 1. The maximum absolute atomic E-state index is 12.5. The van der Waals surface area contributed by atoms with Crippen molar-refractivity contribution in [2.45, 2.75) is 18.9 Å². The highest BCUT2D eigenvalue weighted by Gasteiger charge is 2.32. The van der Waals surface area contributed by atoms with Crippen LogP contribution < -0.4 is 4.74 Å². The Balaban J connectivity index is 1.70. The Kier molecular flexibility index (Phi) is 4.29. The molecule has 1 saturated carbocycles. The van der Waals surface area contributed by atoms with Gasteiger partial charge in [0.2, 0.25) is 0 Å². The summed E-state index contributed by atoms with van der Waals surface area (Å²) in [6.07, 6.45) is 2.61. The maximum atomic E-state index is 12.5. The number of hydrogen-bond acceptors (Lipinski definition) is 3. The van der Waals surface area contributed by atoms with E-state index in [0.717, 1.165) is 32.2 Å². The van der Waals surface area contributed by atoms with E-state index in [-0.39, 0.29) is 5.91 Å². The molecule has 1 amide bonds. The molecular weight excluding hydrogens is 311 g/mol. The molecule has 1 heterocycles. The fraction of sp³-hybridized carbons (Fsp3) is 0.533. The average molecular weight is 329 g/mol. The van der Waals surface area contributed by atoms with Crippen LogP contribution in [0.25, 0.3) is 0 Å². The molecule has 3 rings (SSSR count). The zero-order chi connectivity index (χ0) is 15.0. The van der Waals surface area contributed by atoms with Gasteiger partial charge >= 0.3 is 0 Å². The molecule has 0 bridgehead atoms. The van der Waals surface area contributed by atoms with Crippen molar-refractivity contribution in [3.05, 3.63) is 27.7 Å². The van der Waals surface area contributed by atoms with Crippen LogP contribution in [-0.2, 0) is 0 Å². The largest absolute Gasteiger partial charge is 0.494 e. The molecule has 0 unspecified atom stereocenters. The van der Waals surface area contributed by atoms with Crippen LogP contribution in [0, 0.1) is 0 Å². The van der Waals surface area contributed by atoms with Crippen molar-refractivity contribution >= 4 is 29.1 Å². The van der Waals surface area contributed by atoms with Crippen LogP contribution in [0.5, 0.6) is 5.75 Å². The van der Waals surface area contributed by atoms with Crippen LogP contribution in [0.15, 0.2) is 12.1 Å². The summed E-state index contributed by atoms with van der Waals surface area (Å²) in [6.45, 7) is 3.43. The van der Waals surface area contributed by atoms with Crippen LogP contribution in [0.2, 0.25) is 10.0 Å². The van der Waals surface area contributed by atoms with Crippen LogP contribution in [0.1, 0.15) is 23.2 Å². The third-order valence-corrected chi connectivity index (χ3v) is 4.68. The summed E-state index contributed by atoms with van der Waals surface area (Å²) in [4.78, 5) is 16.9. The number of amides is 1. The molecule has 1 saturated heterocycles. The molecule has 1 aliphatic carbocycles. The minimum absolute atomic E-state index is 0.0168. The molecule has 6 heteroatoms. The second-order valence-corrected chi connectivity index (χ2v) is 6.35. The highest BCUT2D eigenvalue weighted by molar-refractivity contribution is 6.37. The highest BCUT2D eigenvalue weighted by atomic mass is 35.5. The van der Waals surface area contributed by atoms with Gasteiger partial charge in [0.1, 0.15) is 0 Å². The van der Waals surface area contributed by atoms with Gasteiger partial charge < -0.3 is 9.64 Å². The van der Waals surface area contributed by atoms with Gasteiger partial charge in [-0.15, -0.1) is 0 Å². The first-order valence-corrected chi connectivity index (χ1v) is 7.92. The van der Waals surface area contributed by atoms with Crippen molar-refractivity contribution in [3.63, 3.8) is 0 Å². The number of methoxy groups -OCH3 is 1. The summed E-state index contributed by atoms with van der Waals surface area (Å²) in [6, 6.07) is 4.01. The normalized spacial score (nSPS) is 19.7. The molecule has 114 valence electrons. The first-order valence-electron chi connectivity index (χ1n) is 7.16. The molecule has 2 fully saturated rings. The van der Waals surface area contributed by atoms with E-state index in [2.05, 4.69) is 4.90 Å². The maximum Gasteiger partial charge on any atom is 0.254 e. The number of ether oxygens (including phenoxy) is 1. The lowest BCUT2D eigenvalue weighted by atomic mass is 10.1. The van der Waals surface area contributed by atoms with Crippen molar-refractivity contribution in [3.8, 4) is 5.75 Å². The van der Waals surface area contributed by atoms with E-state index in [0.29, 0.717) is 21.4 Å². The van der Waals surface area contributed by atoms with Gasteiger partial charge in [-0.25, -0.2) is 0 Å². The summed E-state index contributed by atoms with van der Waals surface area (Å²) >= 11 is 12.2. The van der Waals surface area contributed by atoms with E-state index in [1.54, 1.807) is 12.1 Å². The Morgan fingerprint density at radius 1 is 1.14 bits per heavy atom. The molecule has 1 aliphatic heterocycles. The van der Waals surface area contributed by atoms with Crippen molar-refractivity contribution < 1.29 is 9.53 Å². The quantitative estimate of drug-likeness (QED) is 0.855. The minimum atomic E-state index is -0.0168. The van der Waals surface area contributed by atoms with E-state index in [9.17, 15) is 4.79 Å². The predicted molar refractivity (Wildman–Crippen MR) is 83.5 cm³/mol. The van der Waals surface area contributed by atoms with Crippen molar-refractivity contribution in [2.75, 3.05) is 33.3 Å². The number of nitrogens with zero attached hydrogens (tertiary/aromatic N) is 2. The van der Waals surface area contributed by atoms with Crippen LogP contribution in [-0.4, -0.2) is 55.0 Å². The minimum Gasteiger partial charge on any atom is -0.494 e. The van der Waals surface area contributed by atoms with Gasteiger partial charge in [0.25, 0.3) is 5.91 Å². The lowest BCUT2D eigenvalue weighted by molar-refractivity contribution is 0.0627. The van der Waals surface area contributed by atoms with Gasteiger partial charge in [0, 0.05) is 37.8 Å². The number of benzene rings is 1. The van der Waals surface area contributed by atoms with Gasteiger partial charge in [-0.1, -0.05) is 23.2 Å². The lowest BCUT2D eigenvalue weighted by Crippen LogP contribution is -2.49. The molecule has 0 aromatic heterocycles. The third kappa shape index (κ3) is 3.12. The van der Waals surface area contributed by atoms with Gasteiger partial charge in [-0.2, -0.15) is 0 Å². The van der Waals surface area contributed by atoms with E-state index >= 15 is 0 Å². The molecule has 1 aromatic carbocycles. The van der Waals surface area contributed by atoms with Gasteiger partial charge in [0.15, 0.2) is 5.75 Å². The summed E-state index contributed by atoms with van der Waals surface area (Å²) < 4.78 is 5.11. The fourth-order valence-electron chi connectivity index (χ4n) is 2.79. The zero-order valence-corrected chi connectivity index (χ0v) is 13.5. The van der Waals surface area contributed by atoms with Crippen LogP contribution >= 0.6 is 23.2 Å². The van der Waals surface area contributed by atoms with E-state index in [4.69, 9.17) is 27.9 Å². The summed E-state index contributed by atoms with van der Waals surface area (Å²) in [5, 5.41) is 0.731. The Hall–Kier alpha value is -0.970. The Morgan fingerprint density at radius 3 is 2.19 bits per heavy atom. The number of carbonyl (C=O) groups excluding carboxylic acids is 1. The van der Waals surface area contributed by atoms with Gasteiger partial charge in [-0.3, -0.25) is 9.69 Å². The van der Waals surface area contributed by atoms with E-state index in [1.165, 1.54) is 20.0 Å². The first-order chi connectivity index (χ1) is 10.1. The van der Waals surface area contributed by atoms with E-state index < -0.39 is 0 Å². The fourth-order valence-corrected chi connectivity index (χ4v) is 3.43.